The highest BCUT2D eigenvalue weighted by atomic mass is 32.1. The Labute approximate surface area is 111 Å². The summed E-state index contributed by atoms with van der Waals surface area (Å²) in [7, 11) is 1.59. The highest BCUT2D eigenvalue weighted by Crippen LogP contribution is 2.30. The Balaban J connectivity index is 2.17. The van der Waals surface area contributed by atoms with Gasteiger partial charge in [0.1, 0.15) is 5.75 Å². The monoisotopic (exact) mass is 275 g/mol. The van der Waals surface area contributed by atoms with Crippen molar-refractivity contribution in [3.63, 3.8) is 0 Å². The second kappa shape index (κ2) is 4.36. The molecule has 0 saturated carbocycles. The normalized spacial score (nSPS) is 10.8. The standard InChI is InChI=1S/C12H9N3O3S/c1-18-8-4-9(19-6-8)11-14-13-10-3-2-7(12(16)17)5-15(10)11/h2-6H,1H3,(H,16,17). The number of carboxylic acid groups (broad SMARTS) is 1. The summed E-state index contributed by atoms with van der Waals surface area (Å²) in [6, 6.07) is 4.98. The van der Waals surface area contributed by atoms with Crippen molar-refractivity contribution in [2.45, 2.75) is 0 Å². The molecule has 3 aromatic rings. The fraction of sp³-hybridized carbons (Fsp3) is 0.0833. The van der Waals surface area contributed by atoms with Crippen molar-refractivity contribution in [3.05, 3.63) is 35.3 Å². The number of carboxylic acids is 1. The summed E-state index contributed by atoms with van der Waals surface area (Å²) in [6.45, 7) is 0. The number of hydrogen-bond acceptors (Lipinski definition) is 5. The number of methoxy groups -OCH3 is 1. The maximum Gasteiger partial charge on any atom is 0.337 e. The van der Waals surface area contributed by atoms with Crippen LogP contribution in [0.2, 0.25) is 0 Å². The van der Waals surface area contributed by atoms with Gasteiger partial charge < -0.3 is 9.84 Å². The number of carbonyl (C=O) groups is 1. The fourth-order valence-electron chi connectivity index (χ4n) is 1.73. The van der Waals surface area contributed by atoms with Gasteiger partial charge in [-0.3, -0.25) is 4.40 Å². The lowest BCUT2D eigenvalue weighted by Gasteiger charge is -1.99. The lowest BCUT2D eigenvalue weighted by molar-refractivity contribution is 0.0696. The maximum absolute atomic E-state index is 11.0. The molecule has 0 aliphatic heterocycles. The molecule has 0 spiro atoms. The van der Waals surface area contributed by atoms with E-state index in [1.165, 1.54) is 23.6 Å². The first-order chi connectivity index (χ1) is 9.19. The van der Waals surface area contributed by atoms with Crippen LogP contribution in [0.15, 0.2) is 29.8 Å². The van der Waals surface area contributed by atoms with Crippen LogP contribution >= 0.6 is 11.3 Å². The SMILES string of the molecule is COc1csc(-c2nnc3ccc(C(=O)O)cn23)c1. The van der Waals surface area contributed by atoms with Crippen molar-refractivity contribution in [2.75, 3.05) is 7.11 Å². The molecular weight excluding hydrogens is 266 g/mol. The molecule has 0 bridgehead atoms. The molecule has 96 valence electrons. The average molecular weight is 275 g/mol. The van der Waals surface area contributed by atoms with Crippen molar-refractivity contribution in [3.8, 4) is 16.5 Å². The van der Waals surface area contributed by atoms with E-state index in [1.54, 1.807) is 17.6 Å². The molecule has 0 aliphatic carbocycles. The lowest BCUT2D eigenvalue weighted by atomic mass is 10.3. The molecule has 0 saturated heterocycles. The molecule has 3 rings (SSSR count). The summed E-state index contributed by atoms with van der Waals surface area (Å²) < 4.78 is 6.79. The molecule has 1 N–H and O–H groups in total. The fourth-order valence-corrected chi connectivity index (χ4v) is 2.56. The van der Waals surface area contributed by atoms with Crippen molar-refractivity contribution in [1.29, 1.82) is 0 Å². The minimum absolute atomic E-state index is 0.192. The van der Waals surface area contributed by atoms with Gasteiger partial charge in [0.15, 0.2) is 11.5 Å². The number of ether oxygens (including phenoxy) is 1. The molecule has 0 atom stereocenters. The Morgan fingerprint density at radius 1 is 1.42 bits per heavy atom. The Hall–Kier alpha value is -2.41. The molecule has 0 aromatic carbocycles. The zero-order valence-electron chi connectivity index (χ0n) is 9.90. The highest BCUT2D eigenvalue weighted by molar-refractivity contribution is 7.13. The van der Waals surface area contributed by atoms with Crippen LogP contribution < -0.4 is 4.74 Å². The van der Waals surface area contributed by atoms with Gasteiger partial charge in [-0.2, -0.15) is 0 Å². The number of fused-ring (bicyclic) bond motifs is 1. The van der Waals surface area contributed by atoms with Crippen molar-refractivity contribution >= 4 is 23.0 Å². The van der Waals surface area contributed by atoms with Crippen LogP contribution in [-0.2, 0) is 0 Å². The quantitative estimate of drug-likeness (QED) is 0.792. The molecule has 0 aliphatic rings. The summed E-state index contributed by atoms with van der Waals surface area (Å²) in [5.41, 5.74) is 0.796. The first kappa shape index (κ1) is 11.7. The van der Waals surface area contributed by atoms with Crippen molar-refractivity contribution in [2.24, 2.45) is 0 Å². The van der Waals surface area contributed by atoms with Gasteiger partial charge >= 0.3 is 5.97 Å². The third kappa shape index (κ3) is 1.93. The maximum atomic E-state index is 11.0. The largest absolute Gasteiger partial charge is 0.496 e. The van der Waals surface area contributed by atoms with Crippen LogP contribution in [0.4, 0.5) is 0 Å². The molecule has 0 amide bonds. The van der Waals surface area contributed by atoms with E-state index >= 15 is 0 Å². The second-order valence-corrected chi connectivity index (χ2v) is 4.74. The molecule has 0 unspecified atom stereocenters. The van der Waals surface area contributed by atoms with Crippen LogP contribution in [0.3, 0.4) is 0 Å². The second-order valence-electron chi connectivity index (χ2n) is 3.83. The summed E-state index contributed by atoms with van der Waals surface area (Å²) >= 11 is 1.47. The predicted octanol–water partition coefficient (Wildman–Crippen LogP) is 2.16. The van der Waals surface area contributed by atoms with E-state index < -0.39 is 5.97 Å². The van der Waals surface area contributed by atoms with Gasteiger partial charge in [0.25, 0.3) is 0 Å². The van der Waals surface area contributed by atoms with E-state index in [0.717, 1.165) is 10.6 Å². The number of aromatic nitrogens is 3. The van der Waals surface area contributed by atoms with Crippen molar-refractivity contribution in [1.82, 2.24) is 14.6 Å². The van der Waals surface area contributed by atoms with Gasteiger partial charge in [0, 0.05) is 17.6 Å². The first-order valence-electron chi connectivity index (χ1n) is 5.40. The molecule has 7 heteroatoms. The van der Waals surface area contributed by atoms with E-state index in [-0.39, 0.29) is 5.56 Å². The van der Waals surface area contributed by atoms with E-state index in [0.29, 0.717) is 11.5 Å². The molecule has 19 heavy (non-hydrogen) atoms. The van der Waals surface area contributed by atoms with E-state index in [9.17, 15) is 4.79 Å². The van der Waals surface area contributed by atoms with Crippen LogP contribution in [-0.4, -0.2) is 32.8 Å². The molecular formula is C12H9N3O3S. The van der Waals surface area contributed by atoms with Gasteiger partial charge in [-0.15, -0.1) is 21.5 Å². The Kier molecular flexibility index (Phi) is 2.68. The summed E-state index contributed by atoms with van der Waals surface area (Å²) in [6.07, 6.45) is 1.51. The Morgan fingerprint density at radius 2 is 2.26 bits per heavy atom. The molecule has 6 nitrogen and oxygen atoms in total. The Bertz CT molecular complexity index is 763. The van der Waals surface area contributed by atoms with Gasteiger partial charge in [-0.05, 0) is 12.1 Å². The Morgan fingerprint density at radius 3 is 2.95 bits per heavy atom. The molecule has 0 fully saturated rings. The first-order valence-corrected chi connectivity index (χ1v) is 6.28. The van der Waals surface area contributed by atoms with Crippen LogP contribution in [0, 0.1) is 0 Å². The zero-order chi connectivity index (χ0) is 13.4. The topological polar surface area (TPSA) is 76.7 Å². The minimum Gasteiger partial charge on any atom is -0.496 e. The average Bonchev–Trinajstić information content (AvgIpc) is 3.03. The highest BCUT2D eigenvalue weighted by Gasteiger charge is 2.13. The smallest absolute Gasteiger partial charge is 0.337 e. The van der Waals surface area contributed by atoms with Crippen LogP contribution in [0.1, 0.15) is 10.4 Å². The van der Waals surface area contributed by atoms with Gasteiger partial charge in [-0.1, -0.05) is 0 Å². The number of thiophene rings is 1. The molecule has 3 heterocycles. The molecule has 0 radical (unpaired) electrons. The van der Waals surface area contributed by atoms with Crippen LogP contribution in [0.25, 0.3) is 16.3 Å². The number of pyridine rings is 1. The zero-order valence-corrected chi connectivity index (χ0v) is 10.7. The van der Waals surface area contributed by atoms with E-state index in [2.05, 4.69) is 10.2 Å². The van der Waals surface area contributed by atoms with E-state index in [1.807, 2.05) is 11.4 Å². The van der Waals surface area contributed by atoms with Gasteiger partial charge in [-0.25, -0.2) is 4.79 Å². The van der Waals surface area contributed by atoms with Gasteiger partial charge in [0.2, 0.25) is 0 Å². The lowest BCUT2D eigenvalue weighted by Crippen LogP contribution is -1.99. The minimum atomic E-state index is -0.981. The molecule has 3 aromatic heterocycles. The number of nitrogens with zero attached hydrogens (tertiary/aromatic N) is 3. The van der Waals surface area contributed by atoms with E-state index in [4.69, 9.17) is 9.84 Å². The third-order valence-corrected chi connectivity index (χ3v) is 3.59. The van der Waals surface area contributed by atoms with Crippen molar-refractivity contribution < 1.29 is 14.6 Å². The van der Waals surface area contributed by atoms with Gasteiger partial charge in [0.05, 0.1) is 17.6 Å². The number of rotatable bonds is 3. The summed E-state index contributed by atoms with van der Waals surface area (Å²) in [5.74, 6) is 0.364. The summed E-state index contributed by atoms with van der Waals surface area (Å²) in [4.78, 5) is 11.9. The summed E-state index contributed by atoms with van der Waals surface area (Å²) in [5, 5.41) is 19.0. The predicted molar refractivity (Wildman–Crippen MR) is 69.8 cm³/mol. The third-order valence-electron chi connectivity index (χ3n) is 2.68. The van der Waals surface area contributed by atoms with Crippen LogP contribution in [0.5, 0.6) is 5.75 Å². The number of hydrogen-bond donors (Lipinski definition) is 1. The number of aromatic carboxylic acids is 1.